The van der Waals surface area contributed by atoms with Crippen molar-refractivity contribution in [1.29, 1.82) is 0 Å². The Morgan fingerprint density at radius 3 is 3.08 bits per heavy atom. The molecule has 1 aliphatic heterocycles. The van der Waals surface area contributed by atoms with E-state index >= 15 is 0 Å². The van der Waals surface area contributed by atoms with Gasteiger partial charge in [-0.1, -0.05) is 6.07 Å². The Labute approximate surface area is 79.1 Å². The zero-order valence-electron chi connectivity index (χ0n) is 6.53. The molecule has 0 fully saturated rings. The molecule has 1 aliphatic rings. The molecule has 0 radical (unpaired) electrons. The highest BCUT2D eigenvalue weighted by molar-refractivity contribution is 9.10. The van der Waals surface area contributed by atoms with Gasteiger partial charge in [-0.15, -0.1) is 0 Å². The quantitative estimate of drug-likeness (QED) is 0.720. The van der Waals surface area contributed by atoms with Crippen LogP contribution in [0.4, 0.5) is 4.39 Å². The Balaban J connectivity index is 2.54. The second kappa shape index (κ2) is 3.15. The molecular formula is C9H9BrFN. The highest BCUT2D eigenvalue weighted by Crippen LogP contribution is 2.24. The number of halogens is 2. The molecule has 0 aromatic heterocycles. The number of hydrogen-bond acceptors (Lipinski definition) is 1. The van der Waals surface area contributed by atoms with Crippen LogP contribution in [-0.2, 0) is 13.0 Å². The van der Waals surface area contributed by atoms with Crippen molar-refractivity contribution in [2.45, 2.75) is 13.0 Å². The van der Waals surface area contributed by atoms with Gasteiger partial charge in [0.2, 0.25) is 0 Å². The minimum Gasteiger partial charge on any atom is -0.312 e. The van der Waals surface area contributed by atoms with Crippen molar-refractivity contribution < 1.29 is 4.39 Å². The van der Waals surface area contributed by atoms with Gasteiger partial charge in [0.15, 0.2) is 0 Å². The van der Waals surface area contributed by atoms with Crippen molar-refractivity contribution in [3.63, 3.8) is 0 Å². The lowest BCUT2D eigenvalue weighted by atomic mass is 10.0. The van der Waals surface area contributed by atoms with E-state index in [2.05, 4.69) is 21.2 Å². The van der Waals surface area contributed by atoms with Gasteiger partial charge in [0.25, 0.3) is 0 Å². The maximum Gasteiger partial charge on any atom is 0.140 e. The van der Waals surface area contributed by atoms with Crippen LogP contribution in [0.5, 0.6) is 0 Å². The summed E-state index contributed by atoms with van der Waals surface area (Å²) in [5.41, 5.74) is 1.95. The van der Waals surface area contributed by atoms with E-state index in [0.717, 1.165) is 30.6 Å². The van der Waals surface area contributed by atoms with Crippen molar-refractivity contribution in [1.82, 2.24) is 5.32 Å². The fraction of sp³-hybridized carbons (Fsp3) is 0.333. The van der Waals surface area contributed by atoms with Gasteiger partial charge >= 0.3 is 0 Å². The first-order valence-corrected chi connectivity index (χ1v) is 4.75. The monoisotopic (exact) mass is 229 g/mol. The molecule has 0 amide bonds. The summed E-state index contributed by atoms with van der Waals surface area (Å²) >= 11 is 3.18. The van der Waals surface area contributed by atoms with Crippen LogP contribution in [0, 0.1) is 5.82 Å². The van der Waals surface area contributed by atoms with Crippen LogP contribution in [0.25, 0.3) is 0 Å². The summed E-state index contributed by atoms with van der Waals surface area (Å²) < 4.78 is 14.0. The van der Waals surface area contributed by atoms with Crippen LogP contribution < -0.4 is 5.32 Å². The maximum absolute atomic E-state index is 13.4. The molecule has 1 nitrogen and oxygen atoms in total. The van der Waals surface area contributed by atoms with E-state index in [4.69, 9.17) is 0 Å². The third kappa shape index (κ3) is 1.27. The van der Waals surface area contributed by atoms with Crippen LogP contribution in [0.1, 0.15) is 11.1 Å². The summed E-state index contributed by atoms with van der Waals surface area (Å²) in [6.45, 7) is 1.67. The van der Waals surface area contributed by atoms with Crippen LogP contribution >= 0.6 is 15.9 Å². The minimum atomic E-state index is -0.0889. The van der Waals surface area contributed by atoms with Gasteiger partial charge in [-0.25, -0.2) is 4.39 Å². The molecule has 0 saturated carbocycles. The Bertz CT molecular complexity index is 312. The average molecular weight is 230 g/mol. The molecule has 1 heterocycles. The van der Waals surface area contributed by atoms with E-state index in [-0.39, 0.29) is 5.82 Å². The van der Waals surface area contributed by atoms with Crippen molar-refractivity contribution in [2.75, 3.05) is 6.54 Å². The molecule has 64 valence electrons. The zero-order chi connectivity index (χ0) is 8.55. The van der Waals surface area contributed by atoms with E-state index in [1.54, 1.807) is 6.07 Å². The molecule has 0 saturated heterocycles. The first-order chi connectivity index (χ1) is 5.79. The third-order valence-corrected chi connectivity index (χ3v) is 2.77. The summed E-state index contributed by atoms with van der Waals surface area (Å²) in [6, 6.07) is 3.73. The van der Waals surface area contributed by atoms with Gasteiger partial charge in [-0.2, -0.15) is 0 Å². The largest absolute Gasteiger partial charge is 0.312 e. The molecule has 0 bridgehead atoms. The molecule has 3 heteroatoms. The fourth-order valence-corrected chi connectivity index (χ4v) is 1.88. The molecule has 1 aromatic carbocycles. The first kappa shape index (κ1) is 8.20. The second-order valence-electron chi connectivity index (χ2n) is 2.93. The zero-order valence-corrected chi connectivity index (χ0v) is 8.12. The molecule has 12 heavy (non-hydrogen) atoms. The van der Waals surface area contributed by atoms with Crippen molar-refractivity contribution >= 4 is 15.9 Å². The highest BCUT2D eigenvalue weighted by Gasteiger charge is 2.14. The number of rotatable bonds is 0. The summed E-state index contributed by atoms with van der Waals surface area (Å²) in [5.74, 6) is -0.0889. The SMILES string of the molecule is Fc1c(Br)ccc2c1CCNC2. The predicted octanol–water partition coefficient (Wildman–Crippen LogP) is 2.23. The number of benzene rings is 1. The van der Waals surface area contributed by atoms with E-state index in [0.29, 0.717) is 4.47 Å². The molecule has 2 rings (SSSR count). The lowest BCUT2D eigenvalue weighted by Gasteiger charge is -2.17. The predicted molar refractivity (Wildman–Crippen MR) is 49.5 cm³/mol. The van der Waals surface area contributed by atoms with E-state index in [9.17, 15) is 4.39 Å². The molecular weight excluding hydrogens is 221 g/mol. The lowest BCUT2D eigenvalue weighted by Crippen LogP contribution is -2.24. The van der Waals surface area contributed by atoms with Crippen molar-refractivity contribution in [2.24, 2.45) is 0 Å². The molecule has 0 spiro atoms. The van der Waals surface area contributed by atoms with Gasteiger partial charge in [0, 0.05) is 6.54 Å². The molecule has 1 N–H and O–H groups in total. The van der Waals surface area contributed by atoms with Gasteiger partial charge < -0.3 is 5.32 Å². The van der Waals surface area contributed by atoms with E-state index in [1.807, 2.05) is 6.07 Å². The minimum absolute atomic E-state index is 0.0889. The Hall–Kier alpha value is -0.410. The van der Waals surface area contributed by atoms with Crippen molar-refractivity contribution in [3.05, 3.63) is 33.5 Å². The maximum atomic E-state index is 13.4. The summed E-state index contributed by atoms with van der Waals surface area (Å²) in [5, 5.41) is 3.21. The Kier molecular flexibility index (Phi) is 2.15. The standard InChI is InChI=1S/C9H9BrFN/c10-8-2-1-6-5-12-4-3-7(6)9(8)11/h1-2,12H,3-5H2. The molecule has 0 aliphatic carbocycles. The van der Waals surface area contributed by atoms with Crippen LogP contribution in [0.3, 0.4) is 0 Å². The number of hydrogen-bond donors (Lipinski definition) is 1. The Morgan fingerprint density at radius 1 is 1.42 bits per heavy atom. The molecule has 1 aromatic rings. The van der Waals surface area contributed by atoms with Crippen LogP contribution in [0.15, 0.2) is 16.6 Å². The lowest BCUT2D eigenvalue weighted by molar-refractivity contribution is 0.564. The topological polar surface area (TPSA) is 12.0 Å². The van der Waals surface area contributed by atoms with Gasteiger partial charge in [0.05, 0.1) is 4.47 Å². The summed E-state index contributed by atoms with van der Waals surface area (Å²) in [6.07, 6.45) is 0.792. The summed E-state index contributed by atoms with van der Waals surface area (Å²) in [4.78, 5) is 0. The fourth-order valence-electron chi connectivity index (χ4n) is 1.50. The van der Waals surface area contributed by atoms with E-state index < -0.39 is 0 Å². The number of nitrogens with one attached hydrogen (secondary N) is 1. The van der Waals surface area contributed by atoms with Gasteiger partial charge in [-0.3, -0.25) is 0 Å². The smallest absolute Gasteiger partial charge is 0.140 e. The van der Waals surface area contributed by atoms with Crippen LogP contribution in [-0.4, -0.2) is 6.54 Å². The Morgan fingerprint density at radius 2 is 2.25 bits per heavy atom. The summed E-state index contributed by atoms with van der Waals surface area (Å²) in [7, 11) is 0. The third-order valence-electron chi connectivity index (χ3n) is 2.16. The normalized spacial score (nSPS) is 15.8. The number of fused-ring (bicyclic) bond motifs is 1. The first-order valence-electron chi connectivity index (χ1n) is 3.95. The molecule has 0 atom stereocenters. The van der Waals surface area contributed by atoms with Gasteiger partial charge in [-0.05, 0) is 46.1 Å². The second-order valence-corrected chi connectivity index (χ2v) is 3.78. The average Bonchev–Trinajstić information content (AvgIpc) is 2.12. The van der Waals surface area contributed by atoms with E-state index in [1.165, 1.54) is 0 Å². The van der Waals surface area contributed by atoms with Gasteiger partial charge in [0.1, 0.15) is 5.82 Å². The van der Waals surface area contributed by atoms with Crippen molar-refractivity contribution in [3.8, 4) is 0 Å². The molecule has 0 unspecified atom stereocenters. The van der Waals surface area contributed by atoms with Crippen LogP contribution in [0.2, 0.25) is 0 Å². The highest BCUT2D eigenvalue weighted by atomic mass is 79.9.